The van der Waals surface area contributed by atoms with Gasteiger partial charge in [0.1, 0.15) is 17.2 Å². The predicted molar refractivity (Wildman–Crippen MR) is 62.3 cm³/mol. The molecule has 0 aliphatic carbocycles. The summed E-state index contributed by atoms with van der Waals surface area (Å²) >= 11 is 0. The maximum absolute atomic E-state index is 13.4. The van der Waals surface area contributed by atoms with Gasteiger partial charge in [-0.2, -0.15) is 0 Å². The molecule has 1 aromatic rings. The van der Waals surface area contributed by atoms with Crippen LogP contribution in [0.1, 0.15) is 25.3 Å². The summed E-state index contributed by atoms with van der Waals surface area (Å²) in [5, 5.41) is 3.30. The highest BCUT2D eigenvalue weighted by Gasteiger charge is 2.29. The van der Waals surface area contributed by atoms with Crippen molar-refractivity contribution in [2.75, 3.05) is 13.1 Å². The molecule has 1 aliphatic rings. The molecule has 0 aromatic heterocycles. The molecule has 0 saturated carbocycles. The van der Waals surface area contributed by atoms with Crippen LogP contribution in [-0.4, -0.2) is 18.7 Å². The van der Waals surface area contributed by atoms with E-state index in [-0.39, 0.29) is 11.4 Å². The first-order valence-corrected chi connectivity index (χ1v) is 5.76. The Morgan fingerprint density at radius 2 is 2.00 bits per heavy atom. The van der Waals surface area contributed by atoms with Crippen LogP contribution in [0, 0.1) is 12.7 Å². The van der Waals surface area contributed by atoms with Crippen LogP contribution in [0.3, 0.4) is 0 Å². The summed E-state index contributed by atoms with van der Waals surface area (Å²) in [4.78, 5) is 0. The predicted octanol–water partition coefficient (Wildman–Crippen LogP) is 2.66. The monoisotopic (exact) mass is 223 g/mol. The van der Waals surface area contributed by atoms with Gasteiger partial charge in [-0.3, -0.25) is 0 Å². The average Bonchev–Trinajstić information content (AvgIpc) is 2.26. The van der Waals surface area contributed by atoms with Gasteiger partial charge < -0.3 is 10.1 Å². The van der Waals surface area contributed by atoms with Gasteiger partial charge in [0.25, 0.3) is 0 Å². The minimum absolute atomic E-state index is 0.163. The van der Waals surface area contributed by atoms with Gasteiger partial charge in [0.15, 0.2) is 0 Å². The third-order valence-corrected chi connectivity index (χ3v) is 3.24. The second kappa shape index (κ2) is 4.42. The molecule has 0 spiro atoms. The maximum Gasteiger partial charge on any atom is 0.129 e. The molecule has 1 fully saturated rings. The van der Waals surface area contributed by atoms with Crippen LogP contribution in [0.25, 0.3) is 0 Å². The molecule has 1 N–H and O–H groups in total. The van der Waals surface area contributed by atoms with E-state index >= 15 is 0 Å². The highest BCUT2D eigenvalue weighted by atomic mass is 19.1. The third-order valence-electron chi connectivity index (χ3n) is 3.24. The lowest BCUT2D eigenvalue weighted by Crippen LogP contribution is -2.43. The molecule has 3 heteroatoms. The number of nitrogens with one attached hydrogen (secondary N) is 1. The lowest BCUT2D eigenvalue weighted by Gasteiger charge is -2.35. The molecule has 0 radical (unpaired) electrons. The van der Waals surface area contributed by atoms with Gasteiger partial charge in [0.05, 0.1) is 0 Å². The first-order valence-electron chi connectivity index (χ1n) is 5.76. The normalized spacial score (nSPS) is 19.4. The molecule has 16 heavy (non-hydrogen) atoms. The van der Waals surface area contributed by atoms with Gasteiger partial charge in [-0.05, 0) is 51.9 Å². The standard InChI is InChI=1S/C13H18FNO/c1-10-11(14)4-3-5-12(10)16-13(2)6-8-15-9-7-13/h3-5,15H,6-9H2,1-2H3. The molecule has 1 saturated heterocycles. The minimum Gasteiger partial charge on any atom is -0.487 e. The van der Waals surface area contributed by atoms with Gasteiger partial charge >= 0.3 is 0 Å². The lowest BCUT2D eigenvalue weighted by molar-refractivity contribution is 0.0545. The Bertz CT molecular complexity index is 372. The second-order valence-corrected chi connectivity index (χ2v) is 4.66. The molecule has 0 atom stereocenters. The Balaban J connectivity index is 2.16. The zero-order chi connectivity index (χ0) is 11.6. The van der Waals surface area contributed by atoms with Crippen LogP contribution in [-0.2, 0) is 0 Å². The topological polar surface area (TPSA) is 21.3 Å². The van der Waals surface area contributed by atoms with E-state index < -0.39 is 0 Å². The first kappa shape index (κ1) is 11.4. The number of ether oxygens (including phenoxy) is 1. The fraction of sp³-hybridized carbons (Fsp3) is 0.538. The van der Waals surface area contributed by atoms with Crippen molar-refractivity contribution in [2.45, 2.75) is 32.3 Å². The van der Waals surface area contributed by atoms with E-state index in [1.807, 2.05) is 6.07 Å². The van der Waals surface area contributed by atoms with Crippen molar-refractivity contribution in [2.24, 2.45) is 0 Å². The van der Waals surface area contributed by atoms with Gasteiger partial charge in [0.2, 0.25) is 0 Å². The molecule has 0 bridgehead atoms. The van der Waals surface area contributed by atoms with Crippen molar-refractivity contribution in [1.82, 2.24) is 5.32 Å². The van der Waals surface area contributed by atoms with E-state index in [1.165, 1.54) is 6.07 Å². The van der Waals surface area contributed by atoms with Crippen molar-refractivity contribution >= 4 is 0 Å². The smallest absolute Gasteiger partial charge is 0.129 e. The zero-order valence-electron chi connectivity index (χ0n) is 9.85. The minimum atomic E-state index is -0.199. The van der Waals surface area contributed by atoms with Crippen molar-refractivity contribution in [3.63, 3.8) is 0 Å². The molecule has 1 heterocycles. The summed E-state index contributed by atoms with van der Waals surface area (Å²) in [5.74, 6) is 0.472. The van der Waals surface area contributed by atoms with E-state index in [1.54, 1.807) is 13.0 Å². The maximum atomic E-state index is 13.4. The summed E-state index contributed by atoms with van der Waals surface area (Å²) in [5.41, 5.74) is 0.436. The highest BCUT2D eigenvalue weighted by Crippen LogP contribution is 2.29. The Morgan fingerprint density at radius 1 is 1.31 bits per heavy atom. The molecule has 2 rings (SSSR count). The van der Waals surface area contributed by atoms with Gasteiger partial charge in [-0.15, -0.1) is 0 Å². The summed E-state index contributed by atoms with van der Waals surface area (Å²) < 4.78 is 19.3. The summed E-state index contributed by atoms with van der Waals surface area (Å²) in [6.07, 6.45) is 1.92. The highest BCUT2D eigenvalue weighted by molar-refractivity contribution is 5.33. The van der Waals surface area contributed by atoms with E-state index in [0.717, 1.165) is 25.9 Å². The number of benzene rings is 1. The second-order valence-electron chi connectivity index (χ2n) is 4.66. The summed E-state index contributed by atoms with van der Waals surface area (Å²) in [6, 6.07) is 5.00. The molecular formula is C13H18FNO. The quantitative estimate of drug-likeness (QED) is 0.832. The van der Waals surface area contributed by atoms with Gasteiger partial charge in [-0.1, -0.05) is 6.07 Å². The van der Waals surface area contributed by atoms with Crippen molar-refractivity contribution in [3.8, 4) is 5.75 Å². The van der Waals surface area contributed by atoms with E-state index in [2.05, 4.69) is 12.2 Å². The Hall–Kier alpha value is -1.09. The molecule has 0 unspecified atom stereocenters. The molecule has 1 aliphatic heterocycles. The summed E-state index contributed by atoms with van der Waals surface area (Å²) in [7, 11) is 0. The average molecular weight is 223 g/mol. The number of hydrogen-bond acceptors (Lipinski definition) is 2. The Labute approximate surface area is 95.8 Å². The number of hydrogen-bond donors (Lipinski definition) is 1. The Kier molecular flexibility index (Phi) is 3.15. The van der Waals surface area contributed by atoms with Crippen LogP contribution in [0.15, 0.2) is 18.2 Å². The number of halogens is 1. The Morgan fingerprint density at radius 3 is 2.69 bits per heavy atom. The molecular weight excluding hydrogens is 205 g/mol. The van der Waals surface area contributed by atoms with E-state index in [9.17, 15) is 4.39 Å². The van der Waals surface area contributed by atoms with Crippen LogP contribution in [0.5, 0.6) is 5.75 Å². The SMILES string of the molecule is Cc1c(F)cccc1OC1(C)CCNCC1. The zero-order valence-corrected chi connectivity index (χ0v) is 9.85. The van der Waals surface area contributed by atoms with Gasteiger partial charge in [0, 0.05) is 5.56 Å². The fourth-order valence-electron chi connectivity index (χ4n) is 2.02. The number of piperidine rings is 1. The lowest BCUT2D eigenvalue weighted by atomic mass is 9.94. The van der Waals surface area contributed by atoms with Crippen LogP contribution in [0.4, 0.5) is 4.39 Å². The molecule has 0 amide bonds. The van der Waals surface area contributed by atoms with Crippen LogP contribution < -0.4 is 10.1 Å². The van der Waals surface area contributed by atoms with Crippen molar-refractivity contribution in [1.29, 1.82) is 0 Å². The van der Waals surface area contributed by atoms with Gasteiger partial charge in [-0.25, -0.2) is 4.39 Å². The largest absolute Gasteiger partial charge is 0.487 e. The van der Waals surface area contributed by atoms with Crippen LogP contribution >= 0.6 is 0 Å². The summed E-state index contributed by atoms with van der Waals surface area (Å²) in [6.45, 7) is 5.78. The number of rotatable bonds is 2. The fourth-order valence-corrected chi connectivity index (χ4v) is 2.02. The molecule has 88 valence electrons. The van der Waals surface area contributed by atoms with E-state index in [4.69, 9.17) is 4.74 Å². The van der Waals surface area contributed by atoms with Crippen LogP contribution in [0.2, 0.25) is 0 Å². The van der Waals surface area contributed by atoms with E-state index in [0.29, 0.717) is 11.3 Å². The van der Waals surface area contributed by atoms with Crippen molar-refractivity contribution in [3.05, 3.63) is 29.6 Å². The third kappa shape index (κ3) is 2.35. The molecule has 1 aromatic carbocycles. The van der Waals surface area contributed by atoms with Crippen molar-refractivity contribution < 1.29 is 9.13 Å². The molecule has 2 nitrogen and oxygen atoms in total. The first-order chi connectivity index (χ1) is 7.61.